The molecular weight excluding hydrogens is 318 g/mol. The number of carbonyl (C=O) groups excluding carboxylic acids is 1. The molecule has 5 heteroatoms. The molecule has 2 aromatic carbocycles. The number of aliphatic hydroxyl groups excluding tert-OH is 1. The van der Waals surface area contributed by atoms with Crippen LogP contribution < -0.4 is 5.32 Å². The molecule has 0 saturated carbocycles. The van der Waals surface area contributed by atoms with E-state index < -0.39 is 6.10 Å². The lowest BCUT2D eigenvalue weighted by Crippen LogP contribution is -2.30. The average Bonchev–Trinajstić information content (AvgIpc) is 2.64. The minimum absolute atomic E-state index is 0.190. The highest BCUT2D eigenvalue weighted by Gasteiger charge is 2.10. The number of phenols is 1. The SMILES string of the molecule is COC(=O)c1ccc(CC[C@@H](C)NCC(O)c2ccc(O)cc2)cc1. The molecule has 0 aromatic heterocycles. The summed E-state index contributed by atoms with van der Waals surface area (Å²) in [6.45, 7) is 2.53. The van der Waals surface area contributed by atoms with Gasteiger partial charge in [-0.25, -0.2) is 4.79 Å². The summed E-state index contributed by atoms with van der Waals surface area (Å²) in [5, 5.41) is 22.8. The van der Waals surface area contributed by atoms with E-state index in [1.807, 2.05) is 12.1 Å². The Morgan fingerprint density at radius 2 is 1.76 bits per heavy atom. The van der Waals surface area contributed by atoms with E-state index in [-0.39, 0.29) is 17.8 Å². The maximum absolute atomic E-state index is 11.4. The summed E-state index contributed by atoms with van der Waals surface area (Å²) < 4.78 is 4.69. The molecule has 5 nitrogen and oxygen atoms in total. The van der Waals surface area contributed by atoms with Crippen LogP contribution in [0.25, 0.3) is 0 Å². The van der Waals surface area contributed by atoms with E-state index in [2.05, 4.69) is 17.0 Å². The van der Waals surface area contributed by atoms with E-state index in [4.69, 9.17) is 0 Å². The Hall–Kier alpha value is -2.37. The van der Waals surface area contributed by atoms with Crippen LogP contribution in [0.3, 0.4) is 0 Å². The summed E-state index contributed by atoms with van der Waals surface area (Å²) in [5.41, 5.74) is 2.48. The van der Waals surface area contributed by atoms with Crippen LogP contribution in [-0.4, -0.2) is 35.9 Å². The zero-order chi connectivity index (χ0) is 18.2. The Bertz CT molecular complexity index is 667. The third kappa shape index (κ3) is 5.89. The second-order valence-electron chi connectivity index (χ2n) is 6.14. The Kier molecular flexibility index (Phi) is 6.98. The Morgan fingerprint density at radius 3 is 2.36 bits per heavy atom. The lowest BCUT2D eigenvalue weighted by molar-refractivity contribution is 0.0600. The van der Waals surface area contributed by atoms with Crippen LogP contribution in [0.5, 0.6) is 5.75 Å². The largest absolute Gasteiger partial charge is 0.508 e. The molecule has 1 unspecified atom stereocenters. The topological polar surface area (TPSA) is 78.8 Å². The third-order valence-corrected chi connectivity index (χ3v) is 4.18. The first-order chi connectivity index (χ1) is 12.0. The fourth-order valence-electron chi connectivity index (χ4n) is 2.54. The summed E-state index contributed by atoms with van der Waals surface area (Å²) in [6.07, 6.45) is 1.19. The summed E-state index contributed by atoms with van der Waals surface area (Å²) >= 11 is 0. The van der Waals surface area contributed by atoms with Gasteiger partial charge in [-0.15, -0.1) is 0 Å². The lowest BCUT2D eigenvalue weighted by Gasteiger charge is -2.17. The smallest absolute Gasteiger partial charge is 0.337 e. The number of aliphatic hydroxyl groups is 1. The molecule has 0 bridgehead atoms. The Labute approximate surface area is 148 Å². The van der Waals surface area contributed by atoms with Crippen molar-refractivity contribution < 1.29 is 19.7 Å². The van der Waals surface area contributed by atoms with Crippen molar-refractivity contribution in [1.82, 2.24) is 5.32 Å². The van der Waals surface area contributed by atoms with Crippen molar-refractivity contribution in [1.29, 1.82) is 0 Å². The molecule has 2 aromatic rings. The highest BCUT2D eigenvalue weighted by Crippen LogP contribution is 2.16. The minimum atomic E-state index is -0.609. The number of benzene rings is 2. The number of carbonyl (C=O) groups is 1. The summed E-state index contributed by atoms with van der Waals surface area (Å²) in [4.78, 5) is 11.4. The third-order valence-electron chi connectivity index (χ3n) is 4.18. The second-order valence-corrected chi connectivity index (χ2v) is 6.14. The molecule has 2 atom stereocenters. The van der Waals surface area contributed by atoms with Gasteiger partial charge in [0.25, 0.3) is 0 Å². The van der Waals surface area contributed by atoms with Gasteiger partial charge in [0, 0.05) is 12.6 Å². The molecule has 134 valence electrons. The Balaban J connectivity index is 1.75. The molecule has 0 amide bonds. The molecule has 0 radical (unpaired) electrons. The van der Waals surface area contributed by atoms with Gasteiger partial charge < -0.3 is 20.3 Å². The normalized spacial score (nSPS) is 13.2. The maximum Gasteiger partial charge on any atom is 0.337 e. The summed E-state index contributed by atoms with van der Waals surface area (Å²) in [5.74, 6) is -0.139. The molecule has 25 heavy (non-hydrogen) atoms. The highest BCUT2D eigenvalue weighted by atomic mass is 16.5. The number of nitrogens with one attached hydrogen (secondary N) is 1. The van der Waals surface area contributed by atoms with Crippen molar-refractivity contribution in [3.8, 4) is 5.75 Å². The number of hydrogen-bond acceptors (Lipinski definition) is 5. The zero-order valence-corrected chi connectivity index (χ0v) is 14.6. The molecule has 0 fully saturated rings. The highest BCUT2D eigenvalue weighted by molar-refractivity contribution is 5.89. The summed E-state index contributed by atoms with van der Waals surface area (Å²) in [7, 11) is 1.37. The Morgan fingerprint density at radius 1 is 1.12 bits per heavy atom. The predicted octanol–water partition coefficient (Wildman–Crippen LogP) is 2.82. The molecule has 3 N–H and O–H groups in total. The first kappa shape index (κ1) is 19.0. The fourth-order valence-corrected chi connectivity index (χ4v) is 2.54. The van der Waals surface area contributed by atoms with Crippen LogP contribution in [-0.2, 0) is 11.2 Å². The fraction of sp³-hybridized carbons (Fsp3) is 0.350. The first-order valence-electron chi connectivity index (χ1n) is 8.37. The van der Waals surface area contributed by atoms with Crippen molar-refractivity contribution in [3.05, 3.63) is 65.2 Å². The maximum atomic E-state index is 11.4. The average molecular weight is 343 g/mol. The zero-order valence-electron chi connectivity index (χ0n) is 14.6. The molecular formula is C20H25NO4. The number of rotatable bonds is 8. The van der Waals surface area contributed by atoms with Crippen LogP contribution in [0.4, 0.5) is 0 Å². The first-order valence-corrected chi connectivity index (χ1v) is 8.37. The molecule has 0 spiro atoms. The van der Waals surface area contributed by atoms with Gasteiger partial charge in [-0.1, -0.05) is 24.3 Å². The van der Waals surface area contributed by atoms with Crippen LogP contribution in [0, 0.1) is 0 Å². The number of esters is 1. The van der Waals surface area contributed by atoms with Gasteiger partial charge in [-0.2, -0.15) is 0 Å². The van der Waals surface area contributed by atoms with E-state index in [0.29, 0.717) is 12.1 Å². The molecule has 0 heterocycles. The number of methoxy groups -OCH3 is 1. The number of phenolic OH excluding ortho intramolecular Hbond substituents is 1. The van der Waals surface area contributed by atoms with Gasteiger partial charge in [0.1, 0.15) is 5.75 Å². The number of hydrogen-bond donors (Lipinski definition) is 3. The minimum Gasteiger partial charge on any atom is -0.508 e. The predicted molar refractivity (Wildman–Crippen MR) is 96.6 cm³/mol. The van der Waals surface area contributed by atoms with E-state index in [9.17, 15) is 15.0 Å². The molecule has 0 saturated heterocycles. The number of aryl methyl sites for hydroxylation is 1. The van der Waals surface area contributed by atoms with E-state index in [0.717, 1.165) is 24.0 Å². The van der Waals surface area contributed by atoms with Crippen molar-refractivity contribution in [2.24, 2.45) is 0 Å². The van der Waals surface area contributed by atoms with E-state index in [1.165, 1.54) is 7.11 Å². The van der Waals surface area contributed by atoms with Crippen LogP contribution in [0.2, 0.25) is 0 Å². The van der Waals surface area contributed by atoms with Crippen LogP contribution in [0.1, 0.15) is 40.9 Å². The molecule has 0 aliphatic heterocycles. The second kappa shape index (κ2) is 9.20. The summed E-state index contributed by atoms with van der Waals surface area (Å²) in [6, 6.07) is 14.2. The van der Waals surface area contributed by atoms with Gasteiger partial charge in [-0.05, 0) is 55.2 Å². The van der Waals surface area contributed by atoms with Gasteiger partial charge in [0.05, 0.1) is 18.8 Å². The quantitative estimate of drug-likeness (QED) is 0.643. The van der Waals surface area contributed by atoms with Crippen molar-refractivity contribution >= 4 is 5.97 Å². The van der Waals surface area contributed by atoms with Gasteiger partial charge in [-0.3, -0.25) is 0 Å². The number of ether oxygens (including phenoxy) is 1. The van der Waals surface area contributed by atoms with Crippen molar-refractivity contribution in [2.75, 3.05) is 13.7 Å². The van der Waals surface area contributed by atoms with E-state index >= 15 is 0 Å². The van der Waals surface area contributed by atoms with Crippen molar-refractivity contribution in [3.63, 3.8) is 0 Å². The molecule has 2 rings (SSSR count). The van der Waals surface area contributed by atoms with Crippen LogP contribution in [0.15, 0.2) is 48.5 Å². The van der Waals surface area contributed by atoms with Gasteiger partial charge >= 0.3 is 5.97 Å². The van der Waals surface area contributed by atoms with Gasteiger partial charge in [0.15, 0.2) is 0 Å². The monoisotopic (exact) mass is 343 g/mol. The number of aromatic hydroxyl groups is 1. The van der Waals surface area contributed by atoms with E-state index in [1.54, 1.807) is 36.4 Å². The van der Waals surface area contributed by atoms with Gasteiger partial charge in [0.2, 0.25) is 0 Å². The van der Waals surface area contributed by atoms with Crippen LogP contribution >= 0.6 is 0 Å². The standard InChI is InChI=1S/C20H25NO4/c1-14(21-13-19(23)16-9-11-18(22)12-10-16)3-4-15-5-7-17(8-6-15)20(24)25-2/h5-12,14,19,21-23H,3-4,13H2,1-2H3/t14-,19?/m1/s1. The lowest BCUT2D eigenvalue weighted by atomic mass is 10.0. The molecule has 0 aliphatic rings. The van der Waals surface area contributed by atoms with Crippen molar-refractivity contribution in [2.45, 2.75) is 31.9 Å². The molecule has 0 aliphatic carbocycles.